The highest BCUT2D eigenvalue weighted by molar-refractivity contribution is 7.11. The average molecular weight is 841 g/mol. The second-order valence-corrected chi connectivity index (χ2v) is 31.4. The lowest BCUT2D eigenvalue weighted by Gasteiger charge is -2.43. The molecule has 1 heterocycles. The van der Waals surface area contributed by atoms with Gasteiger partial charge in [-0.15, -0.1) is 10.2 Å². The molecule has 4 amide bonds. The maximum atomic E-state index is 14.5. The third-order valence-corrected chi connectivity index (χ3v) is 21.1. The van der Waals surface area contributed by atoms with Crippen molar-refractivity contribution in [3.05, 3.63) is 10.0 Å². The van der Waals surface area contributed by atoms with Gasteiger partial charge >= 0.3 is 12.2 Å². The summed E-state index contributed by atoms with van der Waals surface area (Å²) in [6, 6.07) is -0.0830. The summed E-state index contributed by atoms with van der Waals surface area (Å²) in [7, 11) is -4.93. The summed E-state index contributed by atoms with van der Waals surface area (Å²) in [5, 5.41) is 17.2. The smallest absolute Gasteiger partial charge is 0.407 e. The van der Waals surface area contributed by atoms with Crippen molar-refractivity contribution in [3.8, 4) is 0 Å². The first-order valence-corrected chi connectivity index (χ1v) is 26.7. The van der Waals surface area contributed by atoms with Gasteiger partial charge in [0.25, 0.3) is 5.91 Å². The molecule has 2 aliphatic rings. The van der Waals surface area contributed by atoms with Gasteiger partial charge in [0.05, 0.1) is 0 Å². The van der Waals surface area contributed by atoms with Crippen molar-refractivity contribution in [2.75, 3.05) is 0 Å². The van der Waals surface area contributed by atoms with Crippen LogP contribution in [0.4, 0.5) is 9.59 Å². The molecule has 1 aromatic heterocycles. The van der Waals surface area contributed by atoms with Gasteiger partial charge in [0, 0.05) is 24.9 Å². The Morgan fingerprint density at radius 2 is 1.18 bits per heavy atom. The molecule has 2 fully saturated rings. The molecule has 320 valence electrons. The number of hydrogen-bond donors (Lipinski definition) is 3. The Hall–Kier alpha value is -2.61. The first-order chi connectivity index (χ1) is 25.2. The highest BCUT2D eigenvalue weighted by atomic mass is 32.1. The van der Waals surface area contributed by atoms with Crippen LogP contribution in [0.25, 0.3) is 0 Å². The molecule has 3 rings (SSSR count). The molecule has 0 aliphatic heterocycles. The van der Waals surface area contributed by atoms with Gasteiger partial charge in [0.15, 0.2) is 27.9 Å². The van der Waals surface area contributed by atoms with Gasteiger partial charge in [-0.3, -0.25) is 15.0 Å². The Labute approximate surface area is 341 Å². The SMILES string of the molecule is C[C@@H](O[Si](C)(C)C(C)(C)C)C(=O)NN(C(=O)CC1CC(NC(=O)OC(C)(C)C)C1)[C@@H](O[Si](C)(C)C(C)(C)C)c1nnc(CC2CC(NC(=O)OC(C)(C)C)C2)s1. The first-order valence-electron chi connectivity index (χ1n) is 20.0. The summed E-state index contributed by atoms with van der Waals surface area (Å²) < 4.78 is 24.3. The summed E-state index contributed by atoms with van der Waals surface area (Å²) in [4.78, 5) is 53.2. The molecule has 0 radical (unpaired) electrons. The average Bonchev–Trinajstić information content (AvgIpc) is 3.41. The monoisotopic (exact) mass is 840 g/mol. The van der Waals surface area contributed by atoms with Gasteiger partial charge in [-0.25, -0.2) is 14.6 Å². The molecule has 0 bridgehead atoms. The predicted octanol–water partition coefficient (Wildman–Crippen LogP) is 8.37. The fourth-order valence-electron chi connectivity index (χ4n) is 5.83. The zero-order valence-corrected chi connectivity index (χ0v) is 40.0. The lowest BCUT2D eigenvalue weighted by Crippen LogP contribution is -2.57. The first kappa shape index (κ1) is 47.8. The van der Waals surface area contributed by atoms with Crippen molar-refractivity contribution in [1.82, 2.24) is 31.3 Å². The van der Waals surface area contributed by atoms with E-state index >= 15 is 0 Å². The van der Waals surface area contributed by atoms with Crippen LogP contribution in [0, 0.1) is 11.8 Å². The third kappa shape index (κ3) is 14.0. The summed E-state index contributed by atoms with van der Waals surface area (Å²) in [6.45, 7) is 33.7. The molecule has 3 N–H and O–H groups in total. The standard InChI is InChI=1S/C39H72N6O8SSi2/c1-24(52-55(14,15)38(8,9)10)31(47)44-45(30(46)23-26-20-28(21-26)41-35(49)51-37(5,6)7)33(53-56(16,17)39(11,12)13)32-43-42-29(54-32)22-25-18-27(19-25)40-34(48)50-36(2,3)4/h24-28,33H,18-23H2,1-17H3,(H,40,48)(H,41,49)(H,44,47)/t24-,25?,26?,27?,28?,33+/m1/s1. The number of nitrogens with zero attached hydrogens (tertiary/aromatic N) is 3. The molecule has 17 heteroatoms. The Bertz CT molecular complexity index is 1530. The van der Waals surface area contributed by atoms with E-state index in [1.54, 1.807) is 6.92 Å². The van der Waals surface area contributed by atoms with Gasteiger partial charge < -0.3 is 29.0 Å². The highest BCUT2D eigenvalue weighted by Crippen LogP contribution is 2.42. The molecular formula is C39H72N6O8SSi2. The summed E-state index contributed by atoms with van der Waals surface area (Å²) in [5.74, 6) is -0.508. The minimum absolute atomic E-state index is 0.0258. The second kappa shape index (κ2) is 17.7. The number of hydrazine groups is 1. The van der Waals surface area contributed by atoms with Crippen molar-refractivity contribution in [3.63, 3.8) is 0 Å². The van der Waals surface area contributed by atoms with Crippen LogP contribution in [-0.4, -0.2) is 85.2 Å². The number of rotatable bonds is 13. The summed E-state index contributed by atoms with van der Waals surface area (Å²) >= 11 is 1.37. The van der Waals surface area contributed by atoms with Crippen LogP contribution in [0.2, 0.25) is 36.3 Å². The molecule has 2 atom stereocenters. The van der Waals surface area contributed by atoms with E-state index in [1.807, 2.05) is 41.5 Å². The lowest BCUT2D eigenvalue weighted by atomic mass is 9.78. The van der Waals surface area contributed by atoms with Gasteiger partial charge in [-0.2, -0.15) is 0 Å². The largest absolute Gasteiger partial charge is 0.444 e. The van der Waals surface area contributed by atoms with E-state index < -0.39 is 58.3 Å². The van der Waals surface area contributed by atoms with Crippen LogP contribution in [0.15, 0.2) is 0 Å². The number of hydrogen-bond acceptors (Lipinski definition) is 11. The van der Waals surface area contributed by atoms with Crippen LogP contribution in [0.5, 0.6) is 0 Å². The molecule has 1 aromatic rings. The topological polar surface area (TPSA) is 170 Å². The van der Waals surface area contributed by atoms with Crippen LogP contribution >= 0.6 is 11.3 Å². The Morgan fingerprint density at radius 1 is 0.732 bits per heavy atom. The zero-order chi connectivity index (χ0) is 42.8. The van der Waals surface area contributed by atoms with Crippen LogP contribution in [0.3, 0.4) is 0 Å². The molecule has 2 saturated carbocycles. The molecule has 0 spiro atoms. The van der Waals surface area contributed by atoms with Gasteiger partial charge in [-0.05, 0) is 122 Å². The van der Waals surface area contributed by atoms with E-state index in [4.69, 9.17) is 18.3 Å². The number of nitrogens with one attached hydrogen (secondary N) is 3. The van der Waals surface area contributed by atoms with E-state index in [2.05, 4.69) is 94.0 Å². The minimum Gasteiger partial charge on any atom is -0.444 e. The fourth-order valence-corrected chi connectivity index (χ4v) is 9.37. The molecule has 0 saturated heterocycles. The van der Waals surface area contributed by atoms with Crippen LogP contribution in [-0.2, 0) is 34.3 Å². The highest BCUT2D eigenvalue weighted by Gasteiger charge is 2.46. The van der Waals surface area contributed by atoms with Gasteiger partial charge in [0.2, 0.25) is 5.91 Å². The quantitative estimate of drug-likeness (QED) is 0.0997. The molecule has 2 aliphatic carbocycles. The molecule has 0 aromatic carbocycles. The van der Waals surface area contributed by atoms with Crippen LogP contribution < -0.4 is 16.1 Å². The second-order valence-electron chi connectivity index (χ2n) is 20.8. The predicted molar refractivity (Wildman–Crippen MR) is 224 cm³/mol. The van der Waals surface area contributed by atoms with E-state index in [1.165, 1.54) is 16.3 Å². The number of carbonyl (C=O) groups is 4. The zero-order valence-electron chi connectivity index (χ0n) is 37.2. The number of alkyl carbamates (subject to hydrolysis) is 2. The normalized spacial score (nSPS) is 21.8. The molecule has 56 heavy (non-hydrogen) atoms. The van der Waals surface area contributed by atoms with Crippen LogP contribution in [0.1, 0.15) is 138 Å². The number of carbonyl (C=O) groups excluding carboxylic acids is 4. The Kier molecular flexibility index (Phi) is 15.1. The van der Waals surface area contributed by atoms with Crippen molar-refractivity contribution >= 4 is 52.0 Å². The van der Waals surface area contributed by atoms with Crippen molar-refractivity contribution in [2.24, 2.45) is 11.8 Å². The van der Waals surface area contributed by atoms with Gasteiger partial charge in [0.1, 0.15) is 22.3 Å². The maximum absolute atomic E-state index is 14.5. The fraction of sp³-hybridized carbons (Fsp3) is 0.846. The number of amides is 4. The van der Waals surface area contributed by atoms with Crippen molar-refractivity contribution in [2.45, 2.75) is 200 Å². The minimum atomic E-state index is -2.59. The van der Waals surface area contributed by atoms with E-state index in [9.17, 15) is 19.2 Å². The summed E-state index contributed by atoms with van der Waals surface area (Å²) in [6.07, 6.45) is 0.782. The lowest BCUT2D eigenvalue weighted by molar-refractivity contribution is -0.157. The Balaban J connectivity index is 1.87. The van der Waals surface area contributed by atoms with Crippen molar-refractivity contribution < 1.29 is 37.5 Å². The third-order valence-electron chi connectivity index (χ3n) is 11.1. The molecule has 14 nitrogen and oxygen atoms in total. The maximum Gasteiger partial charge on any atom is 0.407 e. The molecule has 0 unspecified atom stereocenters. The van der Waals surface area contributed by atoms with E-state index in [-0.39, 0.29) is 40.4 Å². The van der Waals surface area contributed by atoms with E-state index in [0.29, 0.717) is 30.2 Å². The molecular weight excluding hydrogens is 769 g/mol. The summed E-state index contributed by atoms with van der Waals surface area (Å²) in [5.41, 5.74) is 1.75. The number of aromatic nitrogens is 2. The number of ether oxygens (including phenoxy) is 2. The Morgan fingerprint density at radius 3 is 1.62 bits per heavy atom. The van der Waals surface area contributed by atoms with Crippen molar-refractivity contribution in [1.29, 1.82) is 0 Å². The van der Waals surface area contributed by atoms with E-state index in [0.717, 1.165) is 17.8 Å². The van der Waals surface area contributed by atoms with Gasteiger partial charge in [-0.1, -0.05) is 52.9 Å².